The summed E-state index contributed by atoms with van der Waals surface area (Å²) < 4.78 is 13.2. The molecule has 0 saturated carbocycles. The quantitative estimate of drug-likeness (QED) is 0.889. The Bertz CT molecular complexity index is 698. The fourth-order valence-electron chi connectivity index (χ4n) is 4.05. The van der Waals surface area contributed by atoms with Gasteiger partial charge < -0.3 is 14.9 Å². The number of piperidine rings is 1. The summed E-state index contributed by atoms with van der Waals surface area (Å²) in [6.45, 7) is 1.03. The molecule has 2 amide bonds. The van der Waals surface area contributed by atoms with E-state index in [1.54, 1.807) is 29.0 Å². The third-order valence-electron chi connectivity index (χ3n) is 5.50. The van der Waals surface area contributed by atoms with Crippen molar-refractivity contribution >= 4 is 17.8 Å². The van der Waals surface area contributed by atoms with Gasteiger partial charge in [0, 0.05) is 33.0 Å². The molecule has 2 fully saturated rings. The van der Waals surface area contributed by atoms with Crippen molar-refractivity contribution in [3.05, 3.63) is 35.6 Å². The second-order valence-corrected chi connectivity index (χ2v) is 7.18. The minimum atomic E-state index is -0.811. The molecule has 2 heterocycles. The molecule has 0 radical (unpaired) electrons. The molecule has 0 bridgehead atoms. The Hall–Kier alpha value is -2.44. The lowest BCUT2D eigenvalue weighted by atomic mass is 9.89. The number of carbonyl (C=O) groups is 3. The number of amides is 2. The average molecular weight is 362 g/mol. The van der Waals surface area contributed by atoms with Crippen LogP contribution in [0.25, 0.3) is 0 Å². The van der Waals surface area contributed by atoms with Crippen LogP contribution in [-0.4, -0.2) is 52.8 Å². The number of halogens is 1. The Morgan fingerprint density at radius 2 is 1.81 bits per heavy atom. The summed E-state index contributed by atoms with van der Waals surface area (Å²) in [6, 6.07) is 5.52. The van der Waals surface area contributed by atoms with Crippen molar-refractivity contribution in [2.45, 2.75) is 31.7 Å². The lowest BCUT2D eigenvalue weighted by Gasteiger charge is -2.34. The molecule has 0 aliphatic carbocycles. The number of carboxylic acid groups (broad SMARTS) is 1. The zero-order valence-electron chi connectivity index (χ0n) is 14.7. The van der Waals surface area contributed by atoms with Crippen molar-refractivity contribution in [3.63, 3.8) is 0 Å². The SMILES string of the molecule is CN1C(=O)CC(C(=O)N2CCC(CC(=O)O)CC2)C1c1ccc(F)cc1. The molecule has 26 heavy (non-hydrogen) atoms. The number of hydrogen-bond donors (Lipinski definition) is 1. The maximum Gasteiger partial charge on any atom is 0.303 e. The number of hydrogen-bond acceptors (Lipinski definition) is 3. The van der Waals surface area contributed by atoms with Crippen molar-refractivity contribution in [1.29, 1.82) is 0 Å². The van der Waals surface area contributed by atoms with Gasteiger partial charge in [0.15, 0.2) is 0 Å². The molecule has 2 saturated heterocycles. The molecule has 2 unspecified atom stereocenters. The van der Waals surface area contributed by atoms with E-state index in [4.69, 9.17) is 5.11 Å². The largest absolute Gasteiger partial charge is 0.481 e. The van der Waals surface area contributed by atoms with Crippen molar-refractivity contribution in [2.24, 2.45) is 11.8 Å². The van der Waals surface area contributed by atoms with Gasteiger partial charge in [0.25, 0.3) is 0 Å². The zero-order chi connectivity index (χ0) is 18.8. The van der Waals surface area contributed by atoms with Crippen molar-refractivity contribution in [3.8, 4) is 0 Å². The number of aliphatic carboxylic acids is 1. The Kier molecular flexibility index (Phi) is 5.25. The molecule has 1 aromatic carbocycles. The van der Waals surface area contributed by atoms with Gasteiger partial charge in [0.2, 0.25) is 11.8 Å². The van der Waals surface area contributed by atoms with Gasteiger partial charge in [0.1, 0.15) is 5.82 Å². The molecule has 3 rings (SSSR count). The highest BCUT2D eigenvalue weighted by Gasteiger charge is 2.44. The summed E-state index contributed by atoms with van der Waals surface area (Å²) in [5.41, 5.74) is 0.749. The molecular weight excluding hydrogens is 339 g/mol. The van der Waals surface area contributed by atoms with Crippen LogP contribution in [-0.2, 0) is 14.4 Å². The number of carboxylic acids is 1. The summed E-state index contributed by atoms with van der Waals surface area (Å²) in [6.07, 6.45) is 1.60. The fraction of sp³-hybridized carbons (Fsp3) is 0.526. The predicted molar refractivity (Wildman–Crippen MR) is 91.6 cm³/mol. The molecule has 2 aliphatic heterocycles. The second-order valence-electron chi connectivity index (χ2n) is 7.18. The highest BCUT2D eigenvalue weighted by Crippen LogP contribution is 2.38. The summed E-state index contributed by atoms with van der Waals surface area (Å²) in [7, 11) is 1.67. The molecule has 1 N–H and O–H groups in total. The number of benzene rings is 1. The van der Waals surface area contributed by atoms with E-state index in [0.717, 1.165) is 5.56 Å². The lowest BCUT2D eigenvalue weighted by molar-refractivity contribution is -0.140. The Morgan fingerprint density at radius 3 is 2.38 bits per heavy atom. The maximum absolute atomic E-state index is 13.2. The fourth-order valence-corrected chi connectivity index (χ4v) is 4.05. The lowest BCUT2D eigenvalue weighted by Crippen LogP contribution is -2.43. The maximum atomic E-state index is 13.2. The molecule has 7 heteroatoms. The third kappa shape index (κ3) is 3.71. The van der Waals surface area contributed by atoms with E-state index in [9.17, 15) is 18.8 Å². The molecule has 2 aliphatic rings. The number of carbonyl (C=O) groups excluding carboxylic acids is 2. The number of nitrogens with zero attached hydrogens (tertiary/aromatic N) is 2. The van der Waals surface area contributed by atoms with Gasteiger partial charge >= 0.3 is 5.97 Å². The first-order valence-corrected chi connectivity index (χ1v) is 8.88. The highest BCUT2D eigenvalue weighted by atomic mass is 19.1. The highest BCUT2D eigenvalue weighted by molar-refractivity contribution is 5.90. The van der Waals surface area contributed by atoms with E-state index in [0.29, 0.717) is 25.9 Å². The van der Waals surface area contributed by atoms with Gasteiger partial charge in [-0.05, 0) is 36.5 Å². The Balaban J connectivity index is 1.72. The second kappa shape index (κ2) is 7.43. The molecule has 0 spiro atoms. The molecular formula is C19H23FN2O4. The van der Waals surface area contributed by atoms with E-state index in [1.807, 2.05) is 0 Å². The molecule has 2 atom stereocenters. The van der Waals surface area contributed by atoms with E-state index >= 15 is 0 Å². The molecule has 140 valence electrons. The number of likely N-dealkylation sites (tertiary alicyclic amines) is 2. The van der Waals surface area contributed by atoms with Crippen LogP contribution >= 0.6 is 0 Å². The molecule has 0 aromatic heterocycles. The third-order valence-corrected chi connectivity index (χ3v) is 5.50. The van der Waals surface area contributed by atoms with Crippen LogP contribution < -0.4 is 0 Å². The first-order chi connectivity index (χ1) is 12.4. The van der Waals surface area contributed by atoms with E-state index in [1.165, 1.54) is 12.1 Å². The van der Waals surface area contributed by atoms with E-state index in [2.05, 4.69) is 0 Å². The van der Waals surface area contributed by atoms with Crippen LogP contribution in [0.2, 0.25) is 0 Å². The van der Waals surface area contributed by atoms with Gasteiger partial charge in [-0.15, -0.1) is 0 Å². The van der Waals surface area contributed by atoms with Crippen LogP contribution in [0.4, 0.5) is 4.39 Å². The monoisotopic (exact) mass is 362 g/mol. The minimum absolute atomic E-state index is 0.0780. The predicted octanol–water partition coefficient (Wildman–Crippen LogP) is 2.06. The van der Waals surface area contributed by atoms with Crippen molar-refractivity contribution in [2.75, 3.05) is 20.1 Å². The molecule has 1 aromatic rings. The van der Waals surface area contributed by atoms with Crippen LogP contribution in [0, 0.1) is 17.7 Å². The minimum Gasteiger partial charge on any atom is -0.481 e. The van der Waals surface area contributed by atoms with Crippen LogP contribution in [0.3, 0.4) is 0 Å². The van der Waals surface area contributed by atoms with Crippen molar-refractivity contribution < 1.29 is 23.9 Å². The standard InChI is InChI=1S/C19H23FN2O4/c1-21-16(23)11-15(18(21)13-2-4-14(20)5-3-13)19(26)22-8-6-12(7-9-22)10-17(24)25/h2-5,12,15,18H,6-11H2,1H3,(H,24,25). The van der Waals surface area contributed by atoms with Crippen LogP contribution in [0.5, 0.6) is 0 Å². The van der Waals surface area contributed by atoms with Gasteiger partial charge in [0.05, 0.1) is 12.0 Å². The zero-order valence-corrected chi connectivity index (χ0v) is 14.7. The smallest absolute Gasteiger partial charge is 0.303 e. The van der Waals surface area contributed by atoms with Gasteiger partial charge in [-0.25, -0.2) is 4.39 Å². The normalized spacial score (nSPS) is 24.2. The van der Waals surface area contributed by atoms with Gasteiger partial charge in [-0.1, -0.05) is 12.1 Å². The summed E-state index contributed by atoms with van der Waals surface area (Å²) >= 11 is 0. The molecule has 6 nitrogen and oxygen atoms in total. The first kappa shape index (κ1) is 18.4. The summed E-state index contributed by atoms with van der Waals surface area (Å²) in [4.78, 5) is 39.4. The van der Waals surface area contributed by atoms with Crippen molar-refractivity contribution in [1.82, 2.24) is 9.80 Å². The summed E-state index contributed by atoms with van der Waals surface area (Å²) in [5.74, 6) is -1.74. The summed E-state index contributed by atoms with van der Waals surface area (Å²) in [5, 5.41) is 8.90. The average Bonchev–Trinajstić information content (AvgIpc) is 2.90. The van der Waals surface area contributed by atoms with Crippen LogP contribution in [0.15, 0.2) is 24.3 Å². The Labute approximate surface area is 151 Å². The number of rotatable bonds is 4. The van der Waals surface area contributed by atoms with Crippen LogP contribution in [0.1, 0.15) is 37.3 Å². The van der Waals surface area contributed by atoms with E-state index in [-0.39, 0.29) is 36.4 Å². The van der Waals surface area contributed by atoms with E-state index < -0.39 is 17.9 Å². The van der Waals surface area contributed by atoms with Gasteiger partial charge in [-0.3, -0.25) is 14.4 Å². The first-order valence-electron chi connectivity index (χ1n) is 8.88. The van der Waals surface area contributed by atoms with Gasteiger partial charge in [-0.2, -0.15) is 0 Å². The Morgan fingerprint density at radius 1 is 1.19 bits per heavy atom. The topological polar surface area (TPSA) is 77.9 Å².